The first-order chi connectivity index (χ1) is 7.47. The van der Waals surface area contributed by atoms with Gasteiger partial charge in [0, 0.05) is 6.42 Å². The van der Waals surface area contributed by atoms with Crippen LogP contribution in [-0.4, -0.2) is 39.0 Å². The Morgan fingerprint density at radius 1 is 1.11 bits per heavy atom. The average molecular weight is 265 g/mol. The highest BCUT2D eigenvalue weighted by atomic mass is 16.4. The van der Waals surface area contributed by atoms with Gasteiger partial charge in [-0.2, -0.15) is 0 Å². The van der Waals surface area contributed by atoms with Gasteiger partial charge in [-0.25, -0.2) is 9.59 Å². The van der Waals surface area contributed by atoms with Crippen LogP contribution in [0.15, 0.2) is 11.8 Å². The number of hydrogen-bond donors (Lipinski definition) is 3. The molecule has 0 saturated heterocycles. The molecule has 0 aromatic carbocycles. The minimum atomic E-state index is -1.47. The molecule has 0 rings (SSSR count). The second-order valence-corrected chi connectivity index (χ2v) is 3.21. The van der Waals surface area contributed by atoms with Gasteiger partial charge in [-0.3, -0.25) is 4.79 Å². The number of carbonyl (C=O) groups is 3. The molecule has 8 heteroatoms. The van der Waals surface area contributed by atoms with Crippen LogP contribution in [0.25, 0.3) is 0 Å². The molecule has 0 bridgehead atoms. The molecule has 0 aromatic heterocycles. The first-order valence-electron chi connectivity index (χ1n) is 4.95. The fraction of sp³-hybridized carbons (Fsp3) is 0.500. The van der Waals surface area contributed by atoms with Gasteiger partial charge in [0.25, 0.3) is 0 Å². The van der Waals surface area contributed by atoms with E-state index >= 15 is 0 Å². The molecule has 8 nitrogen and oxygen atoms in total. The topological polar surface area (TPSA) is 167 Å². The molecular weight excluding hydrogens is 246 g/mol. The van der Waals surface area contributed by atoms with Gasteiger partial charge in [-0.1, -0.05) is 19.8 Å². The van der Waals surface area contributed by atoms with Crippen molar-refractivity contribution in [1.29, 1.82) is 0 Å². The maximum atomic E-state index is 11.2. The first kappa shape index (κ1) is 21.4. The molecule has 7 N–H and O–H groups in total. The van der Waals surface area contributed by atoms with Gasteiger partial charge in [0.15, 0.2) is 0 Å². The van der Waals surface area contributed by atoms with Gasteiger partial charge >= 0.3 is 11.9 Å². The Kier molecular flexibility index (Phi) is 13.7. The Labute approximate surface area is 104 Å². The van der Waals surface area contributed by atoms with Crippen molar-refractivity contribution in [2.24, 2.45) is 0 Å². The summed E-state index contributed by atoms with van der Waals surface area (Å²) < 4.78 is 0. The van der Waals surface area contributed by atoms with E-state index in [2.05, 4.69) is 0 Å². The van der Waals surface area contributed by atoms with Crippen LogP contribution < -0.4 is 5.32 Å². The Morgan fingerprint density at radius 3 is 2.06 bits per heavy atom. The molecule has 0 heterocycles. The second kappa shape index (κ2) is 11.6. The number of amides is 1. The predicted molar refractivity (Wildman–Crippen MR) is 62.9 cm³/mol. The van der Waals surface area contributed by atoms with E-state index in [9.17, 15) is 14.4 Å². The van der Waals surface area contributed by atoms with E-state index < -0.39 is 23.5 Å². The number of carboxylic acids is 2. The van der Waals surface area contributed by atoms with Gasteiger partial charge < -0.3 is 26.5 Å². The summed E-state index contributed by atoms with van der Waals surface area (Å²) in [7, 11) is 0. The zero-order valence-electron chi connectivity index (χ0n) is 10.0. The van der Waals surface area contributed by atoms with Crippen LogP contribution in [0.1, 0.15) is 32.6 Å². The number of aliphatic carboxylic acids is 2. The quantitative estimate of drug-likeness (QED) is 0.399. The van der Waals surface area contributed by atoms with E-state index in [1.807, 2.05) is 12.2 Å². The van der Waals surface area contributed by atoms with Crippen LogP contribution in [-0.2, 0) is 14.4 Å². The summed E-state index contributed by atoms with van der Waals surface area (Å²) in [5, 5.41) is 19.0. The molecule has 0 fully saturated rings. The van der Waals surface area contributed by atoms with Crippen molar-refractivity contribution in [3.05, 3.63) is 11.8 Å². The highest BCUT2D eigenvalue weighted by Crippen LogP contribution is 2.00. The summed E-state index contributed by atoms with van der Waals surface area (Å²) in [6.07, 6.45) is 3.13. The summed E-state index contributed by atoms with van der Waals surface area (Å²) in [6.45, 7) is 1.98. The van der Waals surface area contributed by atoms with Gasteiger partial charge in [0.1, 0.15) is 5.70 Å². The van der Waals surface area contributed by atoms with E-state index in [0.717, 1.165) is 12.8 Å². The third kappa shape index (κ3) is 10.6. The third-order valence-electron chi connectivity index (χ3n) is 1.78. The van der Waals surface area contributed by atoms with Gasteiger partial charge in [0.2, 0.25) is 5.91 Å². The van der Waals surface area contributed by atoms with Crippen molar-refractivity contribution < 1.29 is 35.5 Å². The highest BCUT2D eigenvalue weighted by Gasteiger charge is 2.12. The molecule has 0 aromatic rings. The molecule has 0 unspecified atom stereocenters. The standard InChI is InChI=1S/C10H15NO5.2H2O/c1-2-3-4-5-8(12)11-7(10(15)16)6-9(13)14;;/h6H,2-5H2,1H3,(H,11,12)(H,13,14)(H,15,16);2*1H2/b7-6+;;. The SMILES string of the molecule is CCCCCC(=O)N/C(=C/C(=O)O)C(=O)O.O.O. The molecule has 0 aliphatic rings. The molecule has 18 heavy (non-hydrogen) atoms. The number of carbonyl (C=O) groups excluding carboxylic acids is 1. The van der Waals surface area contributed by atoms with Gasteiger partial charge in [-0.15, -0.1) is 0 Å². The lowest BCUT2D eigenvalue weighted by Crippen LogP contribution is -2.27. The van der Waals surface area contributed by atoms with E-state index in [0.29, 0.717) is 12.5 Å². The number of nitrogens with one attached hydrogen (secondary N) is 1. The van der Waals surface area contributed by atoms with Crippen molar-refractivity contribution in [2.75, 3.05) is 0 Å². The van der Waals surface area contributed by atoms with Crippen LogP contribution in [0.5, 0.6) is 0 Å². The molecule has 106 valence electrons. The largest absolute Gasteiger partial charge is 0.478 e. The van der Waals surface area contributed by atoms with Crippen LogP contribution in [0, 0.1) is 0 Å². The second-order valence-electron chi connectivity index (χ2n) is 3.21. The minimum absolute atomic E-state index is 0. The maximum absolute atomic E-state index is 11.2. The molecule has 1 amide bonds. The fourth-order valence-corrected chi connectivity index (χ4v) is 1.02. The summed E-state index contributed by atoms with van der Waals surface area (Å²) in [4.78, 5) is 32.0. The number of unbranched alkanes of at least 4 members (excludes halogenated alkanes) is 2. The zero-order valence-corrected chi connectivity index (χ0v) is 10.0. The summed E-state index contributed by atoms with van der Waals surface area (Å²) >= 11 is 0. The van der Waals surface area contributed by atoms with Crippen LogP contribution in [0.4, 0.5) is 0 Å². The summed E-state index contributed by atoms with van der Waals surface area (Å²) in [6, 6.07) is 0. The monoisotopic (exact) mass is 265 g/mol. The molecule has 0 aliphatic carbocycles. The highest BCUT2D eigenvalue weighted by molar-refractivity contribution is 5.98. The Bertz CT molecular complexity index is 311. The molecule has 0 spiro atoms. The Morgan fingerprint density at radius 2 is 1.67 bits per heavy atom. The molecule has 0 aliphatic heterocycles. The first-order valence-corrected chi connectivity index (χ1v) is 4.95. The minimum Gasteiger partial charge on any atom is -0.478 e. The van der Waals surface area contributed by atoms with Crippen molar-refractivity contribution in [1.82, 2.24) is 5.32 Å². The number of carboxylic acid groups (broad SMARTS) is 2. The van der Waals surface area contributed by atoms with E-state index in [1.54, 1.807) is 0 Å². The summed E-state index contributed by atoms with van der Waals surface area (Å²) in [5.74, 6) is -3.36. The molecular formula is C10H19NO7. The van der Waals surface area contributed by atoms with E-state index in [1.165, 1.54) is 0 Å². The van der Waals surface area contributed by atoms with Crippen LogP contribution in [0.2, 0.25) is 0 Å². The predicted octanol–water partition coefficient (Wildman–Crippen LogP) is -0.913. The van der Waals surface area contributed by atoms with E-state index in [-0.39, 0.29) is 17.4 Å². The van der Waals surface area contributed by atoms with Crippen molar-refractivity contribution in [3.63, 3.8) is 0 Å². The van der Waals surface area contributed by atoms with Gasteiger partial charge in [-0.05, 0) is 6.42 Å². The number of hydrogen-bond acceptors (Lipinski definition) is 3. The van der Waals surface area contributed by atoms with Crippen LogP contribution in [0.3, 0.4) is 0 Å². The lowest BCUT2D eigenvalue weighted by atomic mass is 10.2. The number of rotatable bonds is 7. The maximum Gasteiger partial charge on any atom is 0.352 e. The van der Waals surface area contributed by atoms with E-state index in [4.69, 9.17) is 10.2 Å². The van der Waals surface area contributed by atoms with Crippen molar-refractivity contribution in [3.8, 4) is 0 Å². The molecule has 0 saturated carbocycles. The summed E-state index contributed by atoms with van der Waals surface area (Å²) in [5.41, 5.74) is -0.617. The fourth-order valence-electron chi connectivity index (χ4n) is 1.02. The van der Waals surface area contributed by atoms with Crippen molar-refractivity contribution >= 4 is 17.8 Å². The smallest absolute Gasteiger partial charge is 0.352 e. The Hall–Kier alpha value is -1.93. The van der Waals surface area contributed by atoms with Crippen LogP contribution >= 0.6 is 0 Å². The Balaban J connectivity index is -0.00000112. The average Bonchev–Trinajstić information content (AvgIpc) is 2.16. The van der Waals surface area contributed by atoms with Gasteiger partial charge in [0.05, 0.1) is 6.08 Å². The lowest BCUT2D eigenvalue weighted by molar-refractivity contribution is -0.136. The van der Waals surface area contributed by atoms with Crippen molar-refractivity contribution in [2.45, 2.75) is 32.6 Å². The lowest BCUT2D eigenvalue weighted by Gasteiger charge is -2.04. The zero-order chi connectivity index (χ0) is 12.6. The normalized spacial score (nSPS) is 9.72. The molecule has 0 radical (unpaired) electrons. The molecule has 0 atom stereocenters. The third-order valence-corrected chi connectivity index (χ3v) is 1.78.